The Labute approximate surface area is 261 Å². The Bertz CT molecular complexity index is 904. The number of aliphatic hydroxyl groups is 3. The normalized spacial score (nSPS) is 21.8. The highest BCUT2D eigenvalue weighted by molar-refractivity contribution is 7.46. The lowest BCUT2D eigenvalue weighted by molar-refractivity contribution is -0.161. The predicted molar refractivity (Wildman–Crippen MR) is 163 cm³/mol. The Balaban J connectivity index is 2.44. The van der Waals surface area contributed by atoms with Crippen molar-refractivity contribution in [3.63, 3.8) is 0 Å². The van der Waals surface area contributed by atoms with Gasteiger partial charge in [-0.25, -0.2) is 4.57 Å². The second kappa shape index (κ2) is 22.8. The molecule has 0 aromatic rings. The first kappa shape index (κ1) is 40.4. The van der Waals surface area contributed by atoms with E-state index >= 15 is 0 Å². The van der Waals surface area contributed by atoms with Crippen molar-refractivity contribution < 1.29 is 58.1 Å². The molecule has 0 spiro atoms. The van der Waals surface area contributed by atoms with Gasteiger partial charge in [-0.2, -0.15) is 0 Å². The largest absolute Gasteiger partial charge is 0.469 e. The van der Waals surface area contributed by atoms with Gasteiger partial charge in [-0.1, -0.05) is 70.9 Å². The van der Waals surface area contributed by atoms with Crippen LogP contribution in [-0.4, -0.2) is 80.5 Å². The van der Waals surface area contributed by atoms with Crippen LogP contribution in [0.1, 0.15) is 117 Å². The first-order valence-corrected chi connectivity index (χ1v) is 17.7. The van der Waals surface area contributed by atoms with Crippen molar-refractivity contribution in [3.05, 3.63) is 12.2 Å². The van der Waals surface area contributed by atoms with Gasteiger partial charge in [-0.05, 0) is 25.7 Å². The molecule has 1 rings (SSSR count). The second-order valence-corrected chi connectivity index (χ2v) is 13.0. The summed E-state index contributed by atoms with van der Waals surface area (Å²) in [5.74, 6) is -2.17. The molecular weight excluding hydrogens is 595 g/mol. The maximum atomic E-state index is 12.6. The fourth-order valence-electron chi connectivity index (χ4n) is 5.25. The molecule has 0 aliphatic heterocycles. The molecule has 1 saturated carbocycles. The molecule has 256 valence electrons. The maximum absolute atomic E-state index is 12.6. The van der Waals surface area contributed by atoms with E-state index < -0.39 is 69.2 Å². The fourth-order valence-corrected chi connectivity index (χ4v) is 5.61. The molecule has 0 heterocycles. The summed E-state index contributed by atoms with van der Waals surface area (Å²) in [6.45, 7) is 3.10. The minimum atomic E-state index is -4.82. The van der Waals surface area contributed by atoms with Gasteiger partial charge in [0.05, 0.1) is 24.9 Å². The van der Waals surface area contributed by atoms with Gasteiger partial charge >= 0.3 is 19.8 Å². The number of ether oxygens (including phenoxy) is 2. The van der Waals surface area contributed by atoms with Gasteiger partial charge < -0.3 is 34.6 Å². The number of carbonyl (C=O) groups excluding carboxylic acids is 3. The summed E-state index contributed by atoms with van der Waals surface area (Å²) in [6, 6.07) is 0. The van der Waals surface area contributed by atoms with Crippen LogP contribution in [0.2, 0.25) is 0 Å². The van der Waals surface area contributed by atoms with E-state index in [-0.39, 0.29) is 37.9 Å². The van der Waals surface area contributed by atoms with Gasteiger partial charge in [0.1, 0.15) is 12.4 Å². The number of Topliss-reactive ketones (excluding diaryl/α,β-unsaturated/α-hetero) is 1. The van der Waals surface area contributed by atoms with Gasteiger partial charge in [-0.15, -0.1) is 0 Å². The summed E-state index contributed by atoms with van der Waals surface area (Å²) in [5.41, 5.74) is 0. The first-order chi connectivity index (χ1) is 20.9. The number of hydrogen-bond donors (Lipinski definition) is 5. The van der Waals surface area contributed by atoms with Gasteiger partial charge in [0.2, 0.25) is 0 Å². The molecule has 0 unspecified atom stereocenters. The number of rotatable bonds is 25. The summed E-state index contributed by atoms with van der Waals surface area (Å²) in [6.07, 6.45) is 9.37. The fraction of sp³-hybridized carbons (Fsp3) is 0.839. The molecule has 13 heteroatoms. The number of phosphoric ester groups is 1. The molecule has 44 heavy (non-hydrogen) atoms. The lowest BCUT2D eigenvalue weighted by Crippen LogP contribution is -2.29. The molecule has 0 saturated heterocycles. The number of ketones is 1. The number of unbranched alkanes of at least 4 members (excludes halogenated alkanes) is 7. The monoisotopic (exact) mass is 650 g/mol. The predicted octanol–water partition coefficient (Wildman–Crippen LogP) is 4.29. The molecule has 1 aliphatic carbocycles. The molecule has 0 radical (unpaired) electrons. The number of hydrogen-bond acceptors (Lipinski definition) is 10. The second-order valence-electron chi connectivity index (χ2n) is 11.8. The van der Waals surface area contributed by atoms with E-state index in [1.807, 2.05) is 0 Å². The standard InChI is InChI=1S/C31H55O12P/c1-3-5-7-8-10-16-31(37)43-25(22-42-44(38,39)40)21-41-30(36)15-12-11-14-24(33)19-27-26(28(34)20-29(27)35)18-17-23(32)13-9-6-4-2/h17-18,23,25-29,32,34-35H,3-16,19-22H2,1-2H3,(H2,38,39,40)/b18-17+/t23-,25+,26+,27+,28+,29-/m0/s1. The lowest BCUT2D eigenvalue weighted by atomic mass is 9.87. The van der Waals surface area contributed by atoms with E-state index in [0.29, 0.717) is 25.7 Å². The van der Waals surface area contributed by atoms with E-state index in [2.05, 4.69) is 18.4 Å². The summed E-state index contributed by atoms with van der Waals surface area (Å²) in [7, 11) is -4.82. The quantitative estimate of drug-likeness (QED) is 0.0407. The zero-order valence-corrected chi connectivity index (χ0v) is 27.3. The summed E-state index contributed by atoms with van der Waals surface area (Å²) >= 11 is 0. The van der Waals surface area contributed by atoms with Crippen molar-refractivity contribution >= 4 is 25.5 Å². The average Bonchev–Trinajstić information content (AvgIpc) is 3.22. The van der Waals surface area contributed by atoms with Gasteiger partial charge in [-0.3, -0.25) is 18.9 Å². The van der Waals surface area contributed by atoms with Crippen molar-refractivity contribution in [1.82, 2.24) is 0 Å². The Morgan fingerprint density at radius 1 is 0.841 bits per heavy atom. The van der Waals surface area contributed by atoms with Gasteiger partial charge in [0, 0.05) is 43.9 Å². The van der Waals surface area contributed by atoms with Gasteiger partial charge in [0.15, 0.2) is 6.10 Å². The molecule has 0 aromatic carbocycles. The van der Waals surface area contributed by atoms with Crippen LogP contribution in [0.3, 0.4) is 0 Å². The number of carbonyl (C=O) groups is 3. The highest BCUT2D eigenvalue weighted by atomic mass is 31.2. The van der Waals surface area contributed by atoms with Crippen LogP contribution in [0, 0.1) is 11.8 Å². The van der Waals surface area contributed by atoms with Crippen molar-refractivity contribution in [2.45, 2.75) is 141 Å². The van der Waals surface area contributed by atoms with E-state index in [1.165, 1.54) is 0 Å². The third-order valence-corrected chi connectivity index (χ3v) is 8.25. The van der Waals surface area contributed by atoms with E-state index in [4.69, 9.17) is 19.3 Å². The Kier molecular flexibility index (Phi) is 20.9. The highest BCUT2D eigenvalue weighted by Gasteiger charge is 2.41. The number of aliphatic hydroxyl groups excluding tert-OH is 3. The van der Waals surface area contributed by atoms with E-state index in [9.17, 15) is 34.3 Å². The molecule has 6 atom stereocenters. The van der Waals surface area contributed by atoms with Crippen LogP contribution >= 0.6 is 7.82 Å². The van der Waals surface area contributed by atoms with Crippen LogP contribution in [0.15, 0.2) is 12.2 Å². The summed E-state index contributed by atoms with van der Waals surface area (Å²) in [4.78, 5) is 55.0. The Morgan fingerprint density at radius 3 is 2.14 bits per heavy atom. The third kappa shape index (κ3) is 19.0. The summed E-state index contributed by atoms with van der Waals surface area (Å²) < 4.78 is 25.9. The van der Waals surface area contributed by atoms with Crippen LogP contribution in [-0.2, 0) is 32.9 Å². The molecule has 12 nitrogen and oxygen atoms in total. The van der Waals surface area contributed by atoms with Crippen molar-refractivity contribution in [2.75, 3.05) is 13.2 Å². The number of phosphoric acid groups is 1. The minimum absolute atomic E-state index is 0.0171. The van der Waals surface area contributed by atoms with Crippen LogP contribution in [0.4, 0.5) is 0 Å². The molecule has 1 fully saturated rings. The van der Waals surface area contributed by atoms with E-state index in [1.54, 1.807) is 12.2 Å². The maximum Gasteiger partial charge on any atom is 0.469 e. The zero-order valence-electron chi connectivity index (χ0n) is 26.4. The van der Waals surface area contributed by atoms with E-state index in [0.717, 1.165) is 44.9 Å². The topological polar surface area (TPSA) is 197 Å². The van der Waals surface area contributed by atoms with Crippen molar-refractivity contribution in [2.24, 2.45) is 11.8 Å². The van der Waals surface area contributed by atoms with Gasteiger partial charge in [0.25, 0.3) is 0 Å². The van der Waals surface area contributed by atoms with Crippen LogP contribution in [0.5, 0.6) is 0 Å². The smallest absolute Gasteiger partial charge is 0.462 e. The third-order valence-electron chi connectivity index (χ3n) is 7.77. The molecule has 5 N–H and O–H groups in total. The molecular formula is C31H55O12P. The van der Waals surface area contributed by atoms with Crippen molar-refractivity contribution in [3.8, 4) is 0 Å². The Hall–Kier alpha value is -1.66. The molecule has 0 aromatic heterocycles. The first-order valence-electron chi connectivity index (χ1n) is 16.2. The molecule has 1 aliphatic rings. The van der Waals surface area contributed by atoms with Crippen LogP contribution in [0.25, 0.3) is 0 Å². The van der Waals surface area contributed by atoms with Crippen molar-refractivity contribution in [1.29, 1.82) is 0 Å². The lowest BCUT2D eigenvalue weighted by Gasteiger charge is -2.20. The van der Waals surface area contributed by atoms with Crippen LogP contribution < -0.4 is 0 Å². The summed E-state index contributed by atoms with van der Waals surface area (Å²) in [5, 5.41) is 31.0. The minimum Gasteiger partial charge on any atom is -0.462 e. The molecule has 0 amide bonds. The zero-order chi connectivity index (χ0) is 33.0. The SMILES string of the molecule is CCCCCCCC(=O)O[C@H](COC(=O)CCCCC(=O)C[C@@H]1[C@@H](/C=C/[C@@H](O)CCCCC)[C@H](O)C[C@@H]1O)COP(=O)(O)O. The highest BCUT2D eigenvalue weighted by Crippen LogP contribution is 2.37. The average molecular weight is 651 g/mol. The molecule has 0 bridgehead atoms. The Morgan fingerprint density at radius 2 is 1.45 bits per heavy atom. The number of esters is 2.